The van der Waals surface area contributed by atoms with Crippen LogP contribution in [0.1, 0.15) is 19.8 Å². The minimum atomic E-state index is -0.211. The van der Waals surface area contributed by atoms with Crippen molar-refractivity contribution in [3.05, 3.63) is 21.6 Å². The number of halogens is 1. The van der Waals surface area contributed by atoms with Gasteiger partial charge in [-0.05, 0) is 6.42 Å². The summed E-state index contributed by atoms with van der Waals surface area (Å²) >= 11 is 6.05. The van der Waals surface area contributed by atoms with Gasteiger partial charge in [0.15, 0.2) is 0 Å². The predicted octanol–water partition coefficient (Wildman–Crippen LogP) is 1.08. The van der Waals surface area contributed by atoms with Crippen LogP contribution in [0.25, 0.3) is 0 Å². The lowest BCUT2D eigenvalue weighted by Crippen LogP contribution is -2.51. The Hall–Kier alpha value is -1.07. The maximum absolute atomic E-state index is 11.9. The molecule has 0 spiro atoms. The molecule has 1 saturated heterocycles. The molecule has 0 unspecified atom stereocenters. The van der Waals surface area contributed by atoms with E-state index in [0.29, 0.717) is 18.3 Å². The Kier molecular flexibility index (Phi) is 4.02. The molecule has 1 aromatic rings. The molecule has 0 aliphatic carbocycles. The molecular formula is C11H17ClN4O. The van der Waals surface area contributed by atoms with Crippen LogP contribution in [0.5, 0.6) is 0 Å². The first-order valence-corrected chi connectivity index (χ1v) is 6.33. The summed E-state index contributed by atoms with van der Waals surface area (Å²) in [6.45, 7) is 4.50. The Bertz CT molecular complexity index is 442. The van der Waals surface area contributed by atoms with Crippen LogP contribution in [0.15, 0.2) is 11.0 Å². The van der Waals surface area contributed by atoms with E-state index in [0.717, 1.165) is 25.9 Å². The molecule has 2 N–H and O–H groups in total. The van der Waals surface area contributed by atoms with Gasteiger partial charge in [0.1, 0.15) is 5.02 Å². The third-order valence-corrected chi connectivity index (χ3v) is 3.21. The minimum absolute atomic E-state index is 0.211. The summed E-state index contributed by atoms with van der Waals surface area (Å²) in [7, 11) is 0. The maximum atomic E-state index is 11.9. The maximum Gasteiger partial charge on any atom is 0.287 e. The monoisotopic (exact) mass is 256 g/mol. The number of aromatic nitrogens is 2. The van der Waals surface area contributed by atoms with Gasteiger partial charge in [-0.15, -0.1) is 0 Å². The van der Waals surface area contributed by atoms with E-state index in [4.69, 9.17) is 11.6 Å². The highest BCUT2D eigenvalue weighted by molar-refractivity contribution is 6.32. The van der Waals surface area contributed by atoms with Crippen LogP contribution in [-0.2, 0) is 6.54 Å². The van der Waals surface area contributed by atoms with Gasteiger partial charge in [-0.1, -0.05) is 24.9 Å². The zero-order chi connectivity index (χ0) is 12.3. The number of rotatable bonds is 5. The van der Waals surface area contributed by atoms with Crippen molar-refractivity contribution in [2.45, 2.75) is 32.4 Å². The van der Waals surface area contributed by atoms with Crippen molar-refractivity contribution < 1.29 is 0 Å². The normalized spacial score (nSPS) is 15.6. The van der Waals surface area contributed by atoms with E-state index in [1.807, 2.05) is 0 Å². The van der Waals surface area contributed by atoms with Crippen molar-refractivity contribution in [1.82, 2.24) is 15.1 Å². The zero-order valence-corrected chi connectivity index (χ0v) is 10.6. The van der Waals surface area contributed by atoms with E-state index < -0.39 is 0 Å². The highest BCUT2D eigenvalue weighted by Gasteiger charge is 2.18. The molecule has 1 aromatic heterocycles. The smallest absolute Gasteiger partial charge is 0.287 e. The van der Waals surface area contributed by atoms with Gasteiger partial charge in [0.05, 0.1) is 17.9 Å². The van der Waals surface area contributed by atoms with Crippen molar-refractivity contribution in [1.29, 1.82) is 0 Å². The number of nitrogens with zero attached hydrogens (tertiary/aromatic N) is 2. The largest absolute Gasteiger partial charge is 0.377 e. The average molecular weight is 257 g/mol. The quantitative estimate of drug-likeness (QED) is 0.828. The number of hydrogen-bond donors (Lipinski definition) is 2. The lowest BCUT2D eigenvalue weighted by atomic mass is 10.2. The summed E-state index contributed by atoms with van der Waals surface area (Å²) in [5.74, 6) is 0. The summed E-state index contributed by atoms with van der Waals surface area (Å²) < 4.78 is 1.43. The molecule has 5 nitrogen and oxygen atoms in total. The molecule has 1 fully saturated rings. The van der Waals surface area contributed by atoms with E-state index in [1.54, 1.807) is 6.20 Å². The predicted molar refractivity (Wildman–Crippen MR) is 68.7 cm³/mol. The van der Waals surface area contributed by atoms with Gasteiger partial charge in [0, 0.05) is 19.6 Å². The molecule has 2 heterocycles. The molecule has 0 amide bonds. The van der Waals surface area contributed by atoms with Crippen LogP contribution in [0, 0.1) is 0 Å². The molecule has 2 rings (SSSR count). The highest BCUT2D eigenvalue weighted by atomic mass is 35.5. The third kappa shape index (κ3) is 2.79. The Morgan fingerprint density at radius 3 is 3.00 bits per heavy atom. The summed E-state index contributed by atoms with van der Waals surface area (Å²) in [5, 5.41) is 10.7. The number of anilines is 1. The van der Waals surface area contributed by atoms with E-state index in [1.165, 1.54) is 4.68 Å². The van der Waals surface area contributed by atoms with Crippen LogP contribution in [0.2, 0.25) is 5.02 Å². The summed E-state index contributed by atoms with van der Waals surface area (Å²) in [5.41, 5.74) is 0.424. The molecule has 1 aliphatic rings. The van der Waals surface area contributed by atoms with Gasteiger partial charge in [0.2, 0.25) is 0 Å². The molecule has 6 heteroatoms. The fourth-order valence-corrected chi connectivity index (χ4v) is 1.84. The number of hydrogen-bond acceptors (Lipinski definition) is 4. The molecule has 17 heavy (non-hydrogen) atoms. The lowest BCUT2D eigenvalue weighted by molar-refractivity contribution is 0.471. The third-order valence-electron chi connectivity index (χ3n) is 2.85. The highest BCUT2D eigenvalue weighted by Crippen LogP contribution is 2.17. The lowest BCUT2D eigenvalue weighted by Gasteiger charge is -2.29. The molecule has 0 aromatic carbocycles. The Morgan fingerprint density at radius 1 is 1.65 bits per heavy atom. The topological polar surface area (TPSA) is 59.0 Å². The van der Waals surface area contributed by atoms with Gasteiger partial charge in [-0.3, -0.25) is 4.79 Å². The Labute approximate surface area is 105 Å². The van der Waals surface area contributed by atoms with Crippen molar-refractivity contribution in [2.75, 3.05) is 18.4 Å². The van der Waals surface area contributed by atoms with Crippen molar-refractivity contribution in [3.63, 3.8) is 0 Å². The number of unbranched alkanes of at least 4 members (excludes halogenated alkanes) is 1. The van der Waals surface area contributed by atoms with Crippen LogP contribution in [0.3, 0.4) is 0 Å². The minimum Gasteiger partial charge on any atom is -0.377 e. The first-order valence-electron chi connectivity index (χ1n) is 5.95. The van der Waals surface area contributed by atoms with Crippen molar-refractivity contribution in [3.8, 4) is 0 Å². The van der Waals surface area contributed by atoms with Crippen LogP contribution < -0.4 is 16.2 Å². The molecule has 0 radical (unpaired) electrons. The van der Waals surface area contributed by atoms with Crippen molar-refractivity contribution >= 4 is 17.3 Å². The Balaban J connectivity index is 2.13. The van der Waals surface area contributed by atoms with E-state index >= 15 is 0 Å². The molecular weight excluding hydrogens is 240 g/mol. The summed E-state index contributed by atoms with van der Waals surface area (Å²) in [4.78, 5) is 11.9. The standard InChI is InChI=1S/C11H17ClN4O/c1-2-3-4-16-11(17)10(12)9(7-14-16)15-8-5-13-6-8/h7-8,13,15H,2-6H2,1H3. The Morgan fingerprint density at radius 2 is 2.41 bits per heavy atom. The van der Waals surface area contributed by atoms with E-state index in [2.05, 4.69) is 22.7 Å². The van der Waals surface area contributed by atoms with Crippen LogP contribution in [0.4, 0.5) is 5.69 Å². The van der Waals surface area contributed by atoms with Gasteiger partial charge in [0.25, 0.3) is 5.56 Å². The first-order chi connectivity index (χ1) is 8.22. The van der Waals surface area contributed by atoms with Crippen molar-refractivity contribution in [2.24, 2.45) is 0 Å². The SMILES string of the molecule is CCCCn1ncc(NC2CNC2)c(Cl)c1=O. The van der Waals surface area contributed by atoms with Gasteiger partial charge in [-0.2, -0.15) is 5.10 Å². The molecule has 0 saturated carbocycles. The van der Waals surface area contributed by atoms with Gasteiger partial charge >= 0.3 is 0 Å². The molecule has 0 bridgehead atoms. The fourth-order valence-electron chi connectivity index (χ4n) is 1.64. The van der Waals surface area contributed by atoms with E-state index in [9.17, 15) is 4.79 Å². The van der Waals surface area contributed by atoms with Gasteiger partial charge < -0.3 is 10.6 Å². The second-order valence-corrected chi connectivity index (χ2v) is 4.63. The first kappa shape index (κ1) is 12.4. The van der Waals surface area contributed by atoms with Gasteiger partial charge in [-0.25, -0.2) is 4.68 Å². The fraction of sp³-hybridized carbons (Fsp3) is 0.636. The molecule has 0 atom stereocenters. The number of nitrogens with one attached hydrogen (secondary N) is 2. The summed E-state index contributed by atoms with van der Waals surface area (Å²) in [6, 6.07) is 0.347. The second-order valence-electron chi connectivity index (χ2n) is 4.25. The van der Waals surface area contributed by atoms with Crippen LogP contribution in [-0.4, -0.2) is 28.9 Å². The van der Waals surface area contributed by atoms with E-state index in [-0.39, 0.29) is 10.6 Å². The molecule has 94 valence electrons. The van der Waals surface area contributed by atoms with Crippen LogP contribution >= 0.6 is 11.6 Å². The zero-order valence-electron chi connectivity index (χ0n) is 9.87. The number of aryl methyl sites for hydroxylation is 1. The summed E-state index contributed by atoms with van der Waals surface area (Å²) in [6.07, 6.45) is 3.60. The average Bonchev–Trinajstić information content (AvgIpc) is 2.27. The second kappa shape index (κ2) is 5.51. The molecule has 1 aliphatic heterocycles.